The quantitative estimate of drug-likeness (QED) is 0.815. The van der Waals surface area contributed by atoms with Crippen LogP contribution in [0.5, 0.6) is 0 Å². The summed E-state index contributed by atoms with van der Waals surface area (Å²) in [6.07, 6.45) is 0. The topological polar surface area (TPSA) is 69.7 Å². The molecule has 1 amide bonds. The summed E-state index contributed by atoms with van der Waals surface area (Å²) in [5.41, 5.74) is 0.321. The summed E-state index contributed by atoms with van der Waals surface area (Å²) in [6, 6.07) is 8.34. The molecule has 150 valence electrons. The molecule has 28 heavy (non-hydrogen) atoms. The van der Waals surface area contributed by atoms with E-state index in [0.29, 0.717) is 5.69 Å². The van der Waals surface area contributed by atoms with Crippen LogP contribution in [0.15, 0.2) is 47.4 Å². The van der Waals surface area contributed by atoms with Crippen molar-refractivity contribution < 1.29 is 26.4 Å². The molecule has 0 aliphatic carbocycles. The Balaban J connectivity index is 1.59. The number of nitrogens with one attached hydrogen (secondary N) is 1. The molecule has 1 aliphatic rings. The van der Waals surface area contributed by atoms with Crippen molar-refractivity contribution in [1.29, 1.82) is 0 Å². The Hall–Kier alpha value is -2.43. The zero-order valence-corrected chi connectivity index (χ0v) is 15.6. The number of hydrogen-bond acceptors (Lipinski definition) is 4. The lowest BCUT2D eigenvalue weighted by Crippen LogP contribution is -2.50. The second-order valence-corrected chi connectivity index (χ2v) is 8.16. The maximum Gasteiger partial charge on any atom is 0.249 e. The molecule has 0 unspecified atom stereocenters. The molecule has 2 aromatic rings. The molecule has 1 fully saturated rings. The number of benzene rings is 2. The Kier molecular flexibility index (Phi) is 6.01. The van der Waals surface area contributed by atoms with Gasteiger partial charge < -0.3 is 5.32 Å². The van der Waals surface area contributed by atoms with Gasteiger partial charge >= 0.3 is 0 Å². The highest BCUT2D eigenvalue weighted by Crippen LogP contribution is 2.23. The lowest BCUT2D eigenvalue weighted by Gasteiger charge is -2.33. The number of rotatable bonds is 5. The van der Waals surface area contributed by atoms with Gasteiger partial charge in [-0.15, -0.1) is 0 Å². The van der Waals surface area contributed by atoms with Crippen LogP contribution in [-0.2, 0) is 14.8 Å². The molecule has 10 heteroatoms. The SMILES string of the molecule is O=C(CN1CCN(S(=O)(=O)c2c(F)cccc2F)CC1)Nc1cccc(F)c1. The lowest BCUT2D eigenvalue weighted by molar-refractivity contribution is -0.117. The zero-order chi connectivity index (χ0) is 20.3. The standard InChI is InChI=1S/C18H18F3N3O3S/c19-13-3-1-4-14(11-13)22-17(25)12-23-7-9-24(10-8-23)28(26,27)18-15(20)5-2-6-16(18)21/h1-6,11H,7-10,12H2,(H,22,25). The van der Waals surface area contributed by atoms with Gasteiger partial charge in [0.05, 0.1) is 6.54 Å². The van der Waals surface area contributed by atoms with Crippen molar-refractivity contribution in [3.8, 4) is 0 Å². The summed E-state index contributed by atoms with van der Waals surface area (Å²) in [6.45, 7) is 0.392. The smallest absolute Gasteiger partial charge is 0.249 e. The van der Waals surface area contributed by atoms with E-state index in [4.69, 9.17) is 0 Å². The lowest BCUT2D eigenvalue weighted by atomic mass is 10.3. The van der Waals surface area contributed by atoms with E-state index in [2.05, 4.69) is 5.32 Å². The van der Waals surface area contributed by atoms with Crippen LogP contribution >= 0.6 is 0 Å². The molecule has 1 saturated heterocycles. The normalized spacial score (nSPS) is 16.1. The van der Waals surface area contributed by atoms with E-state index in [-0.39, 0.29) is 38.6 Å². The number of amides is 1. The number of nitrogens with zero attached hydrogens (tertiary/aromatic N) is 2. The van der Waals surface area contributed by atoms with Gasteiger partial charge in [-0.05, 0) is 30.3 Å². The maximum absolute atomic E-state index is 13.8. The molecule has 0 bridgehead atoms. The molecule has 6 nitrogen and oxygen atoms in total. The van der Waals surface area contributed by atoms with Crippen LogP contribution in [0.4, 0.5) is 18.9 Å². The Morgan fingerprint density at radius 1 is 0.964 bits per heavy atom. The highest BCUT2D eigenvalue weighted by atomic mass is 32.2. The van der Waals surface area contributed by atoms with E-state index in [0.717, 1.165) is 22.5 Å². The predicted octanol–water partition coefficient (Wildman–Crippen LogP) is 2.05. The summed E-state index contributed by atoms with van der Waals surface area (Å²) in [7, 11) is -4.31. The van der Waals surface area contributed by atoms with Crippen molar-refractivity contribution >= 4 is 21.6 Å². The number of hydrogen-bond donors (Lipinski definition) is 1. The first kappa shape index (κ1) is 20.3. The van der Waals surface area contributed by atoms with Crippen molar-refractivity contribution in [2.45, 2.75) is 4.90 Å². The minimum atomic E-state index is -4.31. The molecule has 0 aromatic heterocycles. The molecular weight excluding hydrogens is 395 g/mol. The second kappa shape index (κ2) is 8.29. The van der Waals surface area contributed by atoms with Crippen LogP contribution in [0, 0.1) is 17.5 Å². The van der Waals surface area contributed by atoms with Crippen LogP contribution in [0.1, 0.15) is 0 Å². The summed E-state index contributed by atoms with van der Waals surface area (Å²) in [4.78, 5) is 12.8. The number of piperazine rings is 1. The highest BCUT2D eigenvalue weighted by molar-refractivity contribution is 7.89. The molecule has 1 N–H and O–H groups in total. The fourth-order valence-electron chi connectivity index (χ4n) is 2.96. The van der Waals surface area contributed by atoms with Gasteiger partial charge in [-0.25, -0.2) is 21.6 Å². The van der Waals surface area contributed by atoms with E-state index < -0.39 is 32.4 Å². The first-order valence-electron chi connectivity index (χ1n) is 8.49. The van der Waals surface area contributed by atoms with Gasteiger partial charge in [0, 0.05) is 31.9 Å². The fraction of sp³-hybridized carbons (Fsp3) is 0.278. The Morgan fingerprint density at radius 2 is 1.57 bits per heavy atom. The number of carbonyl (C=O) groups is 1. The van der Waals surface area contributed by atoms with Gasteiger partial charge in [-0.3, -0.25) is 9.69 Å². The first-order chi connectivity index (χ1) is 13.3. The van der Waals surface area contributed by atoms with E-state index in [9.17, 15) is 26.4 Å². The van der Waals surface area contributed by atoms with Crippen LogP contribution in [0.25, 0.3) is 0 Å². The van der Waals surface area contributed by atoms with Crippen molar-refractivity contribution in [1.82, 2.24) is 9.21 Å². The number of halogens is 3. The van der Waals surface area contributed by atoms with E-state index in [1.807, 2.05) is 0 Å². The molecule has 3 rings (SSSR count). The summed E-state index contributed by atoms with van der Waals surface area (Å²) >= 11 is 0. The Bertz CT molecular complexity index is 957. The molecule has 0 spiro atoms. The van der Waals surface area contributed by atoms with Gasteiger partial charge in [0.1, 0.15) is 17.5 Å². The molecule has 2 aromatic carbocycles. The van der Waals surface area contributed by atoms with E-state index in [1.165, 1.54) is 18.2 Å². The van der Waals surface area contributed by atoms with Crippen LogP contribution in [0.2, 0.25) is 0 Å². The first-order valence-corrected chi connectivity index (χ1v) is 9.93. The summed E-state index contributed by atoms with van der Waals surface area (Å²) in [5, 5.41) is 2.56. The largest absolute Gasteiger partial charge is 0.325 e. The van der Waals surface area contributed by atoms with Crippen LogP contribution in [0.3, 0.4) is 0 Å². The van der Waals surface area contributed by atoms with Gasteiger partial charge in [-0.2, -0.15) is 4.31 Å². The average molecular weight is 413 g/mol. The third kappa shape index (κ3) is 4.51. The van der Waals surface area contributed by atoms with Crippen molar-refractivity contribution in [2.24, 2.45) is 0 Å². The number of sulfonamides is 1. The molecule has 1 heterocycles. The van der Waals surface area contributed by atoms with E-state index >= 15 is 0 Å². The average Bonchev–Trinajstić information content (AvgIpc) is 2.61. The predicted molar refractivity (Wildman–Crippen MR) is 96.6 cm³/mol. The van der Waals surface area contributed by atoms with Gasteiger partial charge in [0.2, 0.25) is 15.9 Å². The van der Waals surface area contributed by atoms with Gasteiger partial charge in [-0.1, -0.05) is 12.1 Å². The Morgan fingerprint density at radius 3 is 2.18 bits per heavy atom. The zero-order valence-electron chi connectivity index (χ0n) is 14.7. The minimum Gasteiger partial charge on any atom is -0.325 e. The second-order valence-electron chi connectivity index (χ2n) is 6.29. The molecule has 0 saturated carbocycles. The fourth-order valence-corrected chi connectivity index (χ4v) is 4.49. The summed E-state index contributed by atoms with van der Waals surface area (Å²) < 4.78 is 66.9. The maximum atomic E-state index is 13.8. The molecule has 1 aliphatic heterocycles. The Labute approximate surface area is 160 Å². The molecule has 0 atom stereocenters. The number of anilines is 1. The highest BCUT2D eigenvalue weighted by Gasteiger charge is 2.33. The molecular formula is C18H18F3N3O3S. The number of carbonyl (C=O) groups excluding carboxylic acids is 1. The van der Waals surface area contributed by atoms with Crippen LogP contribution < -0.4 is 5.32 Å². The minimum absolute atomic E-state index is 0.0106. The monoisotopic (exact) mass is 413 g/mol. The van der Waals surface area contributed by atoms with Crippen molar-refractivity contribution in [3.63, 3.8) is 0 Å². The van der Waals surface area contributed by atoms with Crippen LogP contribution in [-0.4, -0.2) is 56.3 Å². The third-order valence-corrected chi connectivity index (χ3v) is 6.27. The van der Waals surface area contributed by atoms with Gasteiger partial charge in [0.25, 0.3) is 0 Å². The third-order valence-electron chi connectivity index (χ3n) is 4.32. The molecule has 0 radical (unpaired) electrons. The van der Waals surface area contributed by atoms with Gasteiger partial charge in [0.15, 0.2) is 4.90 Å². The van der Waals surface area contributed by atoms with E-state index in [1.54, 1.807) is 11.0 Å². The summed E-state index contributed by atoms with van der Waals surface area (Å²) in [5.74, 6) is -3.13. The van der Waals surface area contributed by atoms with Crippen molar-refractivity contribution in [3.05, 3.63) is 59.9 Å². The van der Waals surface area contributed by atoms with Crippen molar-refractivity contribution in [2.75, 3.05) is 38.0 Å².